The molecule has 3 aromatic rings. The van der Waals surface area contributed by atoms with E-state index >= 15 is 0 Å². The van der Waals surface area contributed by atoms with Gasteiger partial charge in [-0.1, -0.05) is 6.07 Å². The fourth-order valence-electron chi connectivity index (χ4n) is 3.98. The number of nitrogens with one attached hydrogen (secondary N) is 2. The second-order valence-corrected chi connectivity index (χ2v) is 7.64. The number of anilines is 2. The van der Waals surface area contributed by atoms with Gasteiger partial charge in [0.05, 0.1) is 24.5 Å². The number of hydrogen-bond donors (Lipinski definition) is 4. The maximum Gasteiger partial charge on any atom is 0.259 e. The zero-order chi connectivity index (χ0) is 21.4. The number of nitrogens with zero attached hydrogens (tertiary/aromatic N) is 5. The minimum atomic E-state index is -0.317. The number of likely N-dealkylation sites (tertiary alicyclic amines) is 1. The molecule has 31 heavy (non-hydrogen) atoms. The summed E-state index contributed by atoms with van der Waals surface area (Å²) < 4.78 is 1.72. The van der Waals surface area contributed by atoms with Gasteiger partial charge in [-0.05, 0) is 11.6 Å². The molecule has 10 heteroatoms. The molecule has 2 aromatic heterocycles. The van der Waals surface area contributed by atoms with Gasteiger partial charge < -0.3 is 25.9 Å². The van der Waals surface area contributed by atoms with Crippen LogP contribution in [0.4, 0.5) is 11.5 Å². The quantitative estimate of drug-likeness (QED) is 0.494. The summed E-state index contributed by atoms with van der Waals surface area (Å²) in [4.78, 5) is 19.1. The first-order valence-corrected chi connectivity index (χ1v) is 9.90. The summed E-state index contributed by atoms with van der Waals surface area (Å²) in [5.74, 6) is 0.00456. The van der Waals surface area contributed by atoms with E-state index in [-0.39, 0.29) is 34.9 Å². The highest BCUT2D eigenvalue weighted by Crippen LogP contribution is 2.35. The van der Waals surface area contributed by atoms with E-state index in [0.29, 0.717) is 31.1 Å². The lowest BCUT2D eigenvalue weighted by molar-refractivity contribution is 0.0785. The molecular formula is C21H21N7O3. The number of hydrazone groups is 1. The predicted octanol–water partition coefficient (Wildman–Crippen LogP) is 1.51. The molecule has 5 rings (SSSR count). The van der Waals surface area contributed by atoms with Crippen LogP contribution in [0.2, 0.25) is 0 Å². The lowest BCUT2D eigenvalue weighted by Gasteiger charge is -2.20. The number of hydrogen-bond acceptors (Lipinski definition) is 8. The number of amides is 1. The number of carbonyl (C=O) groups is 1. The molecule has 1 fully saturated rings. The Bertz CT molecular complexity index is 1150. The highest BCUT2D eigenvalue weighted by Gasteiger charge is 2.38. The van der Waals surface area contributed by atoms with E-state index in [9.17, 15) is 15.0 Å². The largest absolute Gasteiger partial charge is 0.508 e. The lowest BCUT2D eigenvalue weighted by Crippen LogP contribution is -2.33. The van der Waals surface area contributed by atoms with Crippen molar-refractivity contribution in [1.82, 2.24) is 25.1 Å². The number of pyridine rings is 1. The minimum absolute atomic E-state index is 0.0838. The molecule has 2 unspecified atom stereocenters. The molecule has 2 atom stereocenters. The monoisotopic (exact) mass is 419 g/mol. The normalized spacial score (nSPS) is 19.3. The summed E-state index contributed by atoms with van der Waals surface area (Å²) in [6.45, 7) is 1.47. The van der Waals surface area contributed by atoms with Crippen molar-refractivity contribution >= 4 is 23.6 Å². The molecule has 1 saturated heterocycles. The number of carbonyl (C=O) groups excluding carboxylic acids is 1. The third kappa shape index (κ3) is 3.63. The maximum absolute atomic E-state index is 13.3. The number of rotatable bonds is 5. The summed E-state index contributed by atoms with van der Waals surface area (Å²) in [5, 5.41) is 32.1. The summed E-state index contributed by atoms with van der Waals surface area (Å²) in [5.41, 5.74) is 4.36. The van der Waals surface area contributed by atoms with Gasteiger partial charge in [0, 0.05) is 55.8 Å². The van der Waals surface area contributed by atoms with Gasteiger partial charge in [-0.2, -0.15) is 10.2 Å². The van der Waals surface area contributed by atoms with Crippen molar-refractivity contribution in [3.63, 3.8) is 0 Å². The number of phenolic OH excluding ortho intramolecular Hbond substituents is 2. The third-order valence-corrected chi connectivity index (χ3v) is 5.51. The van der Waals surface area contributed by atoms with Gasteiger partial charge in [-0.15, -0.1) is 0 Å². The number of aromatic nitrogens is 3. The SMILES string of the molecule is O=C(c1c(O)cc(O)cc1Nc1ccnn1Cc1cccnc1)N1CC2C=NNC2C1. The van der Waals surface area contributed by atoms with E-state index < -0.39 is 0 Å². The molecule has 10 nitrogen and oxygen atoms in total. The van der Waals surface area contributed by atoms with Crippen LogP contribution >= 0.6 is 0 Å². The lowest BCUT2D eigenvalue weighted by atomic mass is 10.1. The molecule has 1 amide bonds. The summed E-state index contributed by atoms with van der Waals surface area (Å²) >= 11 is 0. The average Bonchev–Trinajstić information content (AvgIpc) is 3.45. The summed E-state index contributed by atoms with van der Waals surface area (Å²) in [6.07, 6.45) is 6.90. The van der Waals surface area contributed by atoms with Gasteiger partial charge in [0.1, 0.15) is 22.9 Å². The van der Waals surface area contributed by atoms with Crippen LogP contribution in [-0.2, 0) is 6.54 Å². The van der Waals surface area contributed by atoms with Crippen LogP contribution in [0, 0.1) is 5.92 Å². The van der Waals surface area contributed by atoms with E-state index in [1.165, 1.54) is 12.1 Å². The second kappa shape index (κ2) is 7.63. The Hall–Kier alpha value is -4.08. The Morgan fingerprint density at radius 2 is 2.13 bits per heavy atom. The third-order valence-electron chi connectivity index (χ3n) is 5.51. The number of fused-ring (bicyclic) bond motifs is 1. The van der Waals surface area contributed by atoms with Gasteiger partial charge >= 0.3 is 0 Å². The van der Waals surface area contributed by atoms with Crippen molar-refractivity contribution in [2.24, 2.45) is 11.0 Å². The first kappa shape index (κ1) is 18.9. The minimum Gasteiger partial charge on any atom is -0.508 e. The maximum atomic E-state index is 13.3. The van der Waals surface area contributed by atoms with Gasteiger partial charge in [-0.25, -0.2) is 4.68 Å². The summed E-state index contributed by atoms with van der Waals surface area (Å²) in [7, 11) is 0. The average molecular weight is 419 g/mol. The van der Waals surface area contributed by atoms with Crippen LogP contribution in [0.1, 0.15) is 15.9 Å². The summed E-state index contributed by atoms with van der Waals surface area (Å²) in [6, 6.07) is 8.22. The highest BCUT2D eigenvalue weighted by molar-refractivity contribution is 6.03. The molecule has 0 aliphatic carbocycles. The van der Waals surface area contributed by atoms with Crippen molar-refractivity contribution in [2.75, 3.05) is 18.4 Å². The van der Waals surface area contributed by atoms with E-state index in [0.717, 1.165) is 5.56 Å². The molecule has 0 radical (unpaired) electrons. The van der Waals surface area contributed by atoms with Crippen LogP contribution < -0.4 is 10.7 Å². The number of benzene rings is 1. The predicted molar refractivity (Wildman–Crippen MR) is 113 cm³/mol. The molecule has 0 bridgehead atoms. The Kier molecular flexibility index (Phi) is 4.66. The number of aromatic hydroxyl groups is 2. The van der Waals surface area contributed by atoms with E-state index in [1.807, 2.05) is 18.3 Å². The first-order chi connectivity index (χ1) is 15.1. The smallest absolute Gasteiger partial charge is 0.259 e. The van der Waals surface area contributed by atoms with Gasteiger partial charge in [0.15, 0.2) is 0 Å². The van der Waals surface area contributed by atoms with Gasteiger partial charge in [0.2, 0.25) is 0 Å². The Morgan fingerprint density at radius 3 is 2.94 bits per heavy atom. The Labute approximate surface area is 177 Å². The van der Waals surface area contributed by atoms with Crippen LogP contribution in [-0.4, -0.2) is 61.1 Å². The van der Waals surface area contributed by atoms with E-state index in [1.54, 1.807) is 34.2 Å². The molecule has 4 heterocycles. The van der Waals surface area contributed by atoms with E-state index in [4.69, 9.17) is 0 Å². The van der Waals surface area contributed by atoms with E-state index in [2.05, 4.69) is 25.9 Å². The molecular weight excluding hydrogens is 398 g/mol. The first-order valence-electron chi connectivity index (χ1n) is 9.90. The molecule has 1 aromatic carbocycles. The zero-order valence-corrected chi connectivity index (χ0v) is 16.5. The topological polar surface area (TPSA) is 128 Å². The molecule has 158 valence electrons. The number of phenols is 2. The highest BCUT2D eigenvalue weighted by atomic mass is 16.3. The molecule has 4 N–H and O–H groups in total. The standard InChI is InChI=1S/C21H21N7O3/c29-15-6-16(25-19-3-5-24-28(19)10-13-2-1-4-22-8-13)20(18(30)7-15)21(31)27-11-14-9-23-26-17(14)12-27/h1-9,14,17,25-26,29-30H,10-12H2. The fourth-order valence-corrected chi connectivity index (χ4v) is 3.98. The zero-order valence-electron chi connectivity index (χ0n) is 16.5. The van der Waals surface area contributed by atoms with Crippen molar-refractivity contribution in [2.45, 2.75) is 12.6 Å². The van der Waals surface area contributed by atoms with Crippen molar-refractivity contribution in [3.05, 3.63) is 60.0 Å². The van der Waals surface area contributed by atoms with Crippen molar-refractivity contribution in [1.29, 1.82) is 0 Å². The molecule has 2 aliphatic heterocycles. The van der Waals surface area contributed by atoms with Crippen molar-refractivity contribution in [3.8, 4) is 11.5 Å². The Morgan fingerprint density at radius 1 is 1.23 bits per heavy atom. The Balaban J connectivity index is 1.43. The van der Waals surface area contributed by atoms with Crippen LogP contribution in [0.25, 0.3) is 0 Å². The van der Waals surface area contributed by atoms with Gasteiger partial charge in [0.25, 0.3) is 5.91 Å². The van der Waals surface area contributed by atoms with Crippen LogP contribution in [0.3, 0.4) is 0 Å². The van der Waals surface area contributed by atoms with Gasteiger partial charge in [-0.3, -0.25) is 9.78 Å². The van der Waals surface area contributed by atoms with Crippen molar-refractivity contribution < 1.29 is 15.0 Å². The second-order valence-electron chi connectivity index (χ2n) is 7.64. The fraction of sp³-hybridized carbons (Fsp3) is 0.238. The molecule has 0 spiro atoms. The molecule has 2 aliphatic rings. The van der Waals surface area contributed by atoms with Crippen LogP contribution in [0.5, 0.6) is 11.5 Å². The molecule has 0 saturated carbocycles. The van der Waals surface area contributed by atoms with Crippen LogP contribution in [0.15, 0.2) is 54.0 Å².